The van der Waals surface area contributed by atoms with Crippen LogP contribution in [0.3, 0.4) is 0 Å². The third-order valence-electron chi connectivity index (χ3n) is 4.30. The van der Waals surface area contributed by atoms with Crippen LogP contribution in [-0.4, -0.2) is 29.0 Å². The van der Waals surface area contributed by atoms with Gasteiger partial charge in [-0.3, -0.25) is 4.79 Å². The van der Waals surface area contributed by atoms with Crippen molar-refractivity contribution < 1.29 is 4.79 Å². The molecule has 1 saturated heterocycles. The largest absolute Gasteiger partial charge is 0.356 e. The molecule has 0 spiro atoms. The molecule has 5 nitrogen and oxygen atoms in total. The zero-order valence-corrected chi connectivity index (χ0v) is 15.5. The second-order valence-electron chi connectivity index (χ2n) is 6.37. The topological polar surface area (TPSA) is 58.1 Å². The number of aromatic nitrogens is 2. The molecule has 0 bridgehead atoms. The third-order valence-corrected chi connectivity index (χ3v) is 5.15. The van der Waals surface area contributed by atoms with E-state index in [9.17, 15) is 4.79 Å². The lowest BCUT2D eigenvalue weighted by atomic mass is 10.0. The molecule has 2 heterocycles. The number of rotatable bonds is 3. The van der Waals surface area contributed by atoms with Crippen molar-refractivity contribution in [3.8, 4) is 0 Å². The highest BCUT2D eigenvalue weighted by Gasteiger charge is 2.19. The number of hydrogen-bond acceptors (Lipinski definition) is 4. The van der Waals surface area contributed by atoms with Crippen molar-refractivity contribution in [1.82, 2.24) is 9.97 Å². The first-order valence-electron chi connectivity index (χ1n) is 8.17. The standard InChI is InChI=1S/C18H21BrN4O/c1-12-4-3-7-23(10-12)17-9-16(20-11-21-17)18(24)22-14-6-5-13(2)15(19)8-14/h5-6,8-9,11-12H,3-4,7,10H2,1-2H3,(H,22,24). The summed E-state index contributed by atoms with van der Waals surface area (Å²) in [6, 6.07) is 7.50. The molecule has 3 rings (SSSR count). The first-order chi connectivity index (χ1) is 11.5. The van der Waals surface area contributed by atoms with Crippen LogP contribution in [0.1, 0.15) is 35.8 Å². The van der Waals surface area contributed by atoms with Crippen molar-refractivity contribution in [3.63, 3.8) is 0 Å². The Kier molecular flexibility index (Phi) is 5.14. The van der Waals surface area contributed by atoms with Gasteiger partial charge in [0, 0.05) is 29.3 Å². The summed E-state index contributed by atoms with van der Waals surface area (Å²) in [7, 11) is 0. The molecule has 0 saturated carbocycles. The highest BCUT2D eigenvalue weighted by atomic mass is 79.9. The molecule has 1 aliphatic rings. The zero-order valence-electron chi connectivity index (χ0n) is 13.9. The van der Waals surface area contributed by atoms with Gasteiger partial charge < -0.3 is 10.2 Å². The van der Waals surface area contributed by atoms with E-state index in [1.54, 1.807) is 6.07 Å². The molecule has 1 atom stereocenters. The van der Waals surface area contributed by atoms with E-state index < -0.39 is 0 Å². The van der Waals surface area contributed by atoms with E-state index in [0.717, 1.165) is 41.1 Å². The number of carbonyl (C=O) groups excluding carboxylic acids is 1. The van der Waals surface area contributed by atoms with E-state index in [2.05, 4.69) is 43.0 Å². The van der Waals surface area contributed by atoms with Gasteiger partial charge in [0.1, 0.15) is 17.8 Å². The lowest BCUT2D eigenvalue weighted by Gasteiger charge is -2.31. The van der Waals surface area contributed by atoms with Crippen LogP contribution in [0.25, 0.3) is 0 Å². The predicted octanol–water partition coefficient (Wildman–Crippen LogP) is 4.04. The monoisotopic (exact) mass is 388 g/mol. The molecular weight excluding hydrogens is 368 g/mol. The number of halogens is 1. The summed E-state index contributed by atoms with van der Waals surface area (Å²) in [5.74, 6) is 1.25. The number of piperidine rings is 1. The summed E-state index contributed by atoms with van der Waals surface area (Å²) in [5, 5.41) is 2.89. The van der Waals surface area contributed by atoms with Crippen LogP contribution < -0.4 is 10.2 Å². The number of nitrogens with zero attached hydrogens (tertiary/aromatic N) is 3. The number of hydrogen-bond donors (Lipinski definition) is 1. The average molecular weight is 389 g/mol. The Morgan fingerprint density at radius 2 is 2.17 bits per heavy atom. The number of nitrogens with one attached hydrogen (secondary N) is 1. The molecule has 0 radical (unpaired) electrons. The summed E-state index contributed by atoms with van der Waals surface area (Å²) >= 11 is 3.48. The van der Waals surface area contributed by atoms with Crippen LogP contribution in [0.2, 0.25) is 0 Å². The van der Waals surface area contributed by atoms with Gasteiger partial charge >= 0.3 is 0 Å². The number of amides is 1. The molecular formula is C18H21BrN4O. The Labute approximate surface area is 150 Å². The first-order valence-corrected chi connectivity index (χ1v) is 8.97. The van der Waals surface area contributed by atoms with Crippen LogP contribution >= 0.6 is 15.9 Å². The average Bonchev–Trinajstić information content (AvgIpc) is 2.58. The summed E-state index contributed by atoms with van der Waals surface area (Å²) in [4.78, 5) is 23.2. The quantitative estimate of drug-likeness (QED) is 0.861. The van der Waals surface area contributed by atoms with E-state index in [0.29, 0.717) is 11.6 Å². The molecule has 1 unspecified atom stereocenters. The molecule has 1 aromatic carbocycles. The molecule has 0 aliphatic carbocycles. The van der Waals surface area contributed by atoms with Crippen molar-refractivity contribution in [3.05, 3.63) is 46.3 Å². The number of anilines is 2. The minimum atomic E-state index is -0.223. The lowest BCUT2D eigenvalue weighted by molar-refractivity contribution is 0.102. The lowest BCUT2D eigenvalue weighted by Crippen LogP contribution is -2.35. The second-order valence-corrected chi connectivity index (χ2v) is 7.23. The molecule has 1 aliphatic heterocycles. The van der Waals surface area contributed by atoms with Gasteiger partial charge in [-0.15, -0.1) is 0 Å². The highest BCUT2D eigenvalue weighted by Crippen LogP contribution is 2.23. The molecule has 1 N–H and O–H groups in total. The molecule has 6 heteroatoms. The van der Waals surface area contributed by atoms with Gasteiger partial charge in [0.05, 0.1) is 0 Å². The van der Waals surface area contributed by atoms with Crippen molar-refractivity contribution in [2.75, 3.05) is 23.3 Å². The van der Waals surface area contributed by atoms with E-state index in [4.69, 9.17) is 0 Å². The molecule has 1 amide bonds. The van der Waals surface area contributed by atoms with E-state index in [-0.39, 0.29) is 5.91 Å². The van der Waals surface area contributed by atoms with Gasteiger partial charge in [-0.2, -0.15) is 0 Å². The summed E-state index contributed by atoms with van der Waals surface area (Å²) in [5.41, 5.74) is 2.25. The first kappa shape index (κ1) is 16.9. The Morgan fingerprint density at radius 1 is 1.33 bits per heavy atom. The van der Waals surface area contributed by atoms with Crippen molar-refractivity contribution in [1.29, 1.82) is 0 Å². The zero-order chi connectivity index (χ0) is 17.1. The van der Waals surface area contributed by atoms with Gasteiger partial charge in [0.25, 0.3) is 5.91 Å². The van der Waals surface area contributed by atoms with Gasteiger partial charge in [0.2, 0.25) is 0 Å². The SMILES string of the molecule is Cc1ccc(NC(=O)c2cc(N3CCCC(C)C3)ncn2)cc1Br. The molecule has 1 fully saturated rings. The van der Waals surface area contributed by atoms with Gasteiger partial charge in [0.15, 0.2) is 0 Å². The van der Waals surface area contributed by atoms with Crippen LogP contribution in [0, 0.1) is 12.8 Å². The van der Waals surface area contributed by atoms with Crippen LogP contribution in [0.5, 0.6) is 0 Å². The van der Waals surface area contributed by atoms with Crippen LogP contribution in [0.15, 0.2) is 35.1 Å². The number of benzene rings is 1. The normalized spacial score (nSPS) is 17.6. The van der Waals surface area contributed by atoms with E-state index >= 15 is 0 Å². The Balaban J connectivity index is 1.75. The highest BCUT2D eigenvalue weighted by molar-refractivity contribution is 9.10. The Hall–Kier alpha value is -1.95. The maximum Gasteiger partial charge on any atom is 0.274 e. The Bertz CT molecular complexity index is 750. The summed E-state index contributed by atoms with van der Waals surface area (Å²) in [6.45, 7) is 6.21. The molecule has 1 aromatic heterocycles. The van der Waals surface area contributed by atoms with E-state index in [1.165, 1.54) is 12.7 Å². The summed E-state index contributed by atoms with van der Waals surface area (Å²) in [6.07, 6.45) is 3.87. The van der Waals surface area contributed by atoms with Crippen molar-refractivity contribution in [2.24, 2.45) is 5.92 Å². The molecule has 126 valence electrons. The number of carbonyl (C=O) groups is 1. The maximum atomic E-state index is 12.5. The number of aryl methyl sites for hydroxylation is 1. The third kappa shape index (κ3) is 3.93. The fourth-order valence-electron chi connectivity index (χ4n) is 2.91. The van der Waals surface area contributed by atoms with Gasteiger partial charge in [-0.05, 0) is 43.4 Å². The molecule has 24 heavy (non-hydrogen) atoms. The minimum Gasteiger partial charge on any atom is -0.356 e. The Morgan fingerprint density at radius 3 is 2.92 bits per heavy atom. The van der Waals surface area contributed by atoms with Crippen LogP contribution in [-0.2, 0) is 0 Å². The summed E-state index contributed by atoms with van der Waals surface area (Å²) < 4.78 is 0.964. The maximum absolute atomic E-state index is 12.5. The fraction of sp³-hybridized carbons (Fsp3) is 0.389. The second kappa shape index (κ2) is 7.30. The van der Waals surface area contributed by atoms with Gasteiger partial charge in [-0.1, -0.05) is 28.9 Å². The molecule has 2 aromatic rings. The van der Waals surface area contributed by atoms with Crippen LogP contribution in [0.4, 0.5) is 11.5 Å². The van der Waals surface area contributed by atoms with Crippen molar-refractivity contribution in [2.45, 2.75) is 26.7 Å². The fourth-order valence-corrected chi connectivity index (χ4v) is 3.29. The van der Waals surface area contributed by atoms with E-state index in [1.807, 2.05) is 25.1 Å². The van der Waals surface area contributed by atoms with Gasteiger partial charge in [-0.25, -0.2) is 9.97 Å². The smallest absolute Gasteiger partial charge is 0.274 e. The minimum absolute atomic E-state index is 0.223. The van der Waals surface area contributed by atoms with Crippen molar-refractivity contribution >= 4 is 33.3 Å². The predicted molar refractivity (Wildman–Crippen MR) is 99.5 cm³/mol.